The van der Waals surface area contributed by atoms with E-state index in [1.807, 2.05) is 0 Å². The highest BCUT2D eigenvalue weighted by Gasteiger charge is 2.51. The van der Waals surface area contributed by atoms with E-state index in [1.165, 1.54) is 5.57 Å². The number of allylic oxidation sites excluding steroid dienone is 1. The Balaban J connectivity index is 2.29. The lowest BCUT2D eigenvalue weighted by atomic mass is 9.50. The van der Waals surface area contributed by atoms with E-state index in [2.05, 4.69) is 27.4 Å². The second-order valence-electron chi connectivity index (χ2n) is 7.01. The van der Waals surface area contributed by atoms with Crippen LogP contribution in [-0.4, -0.2) is 22.9 Å². The van der Waals surface area contributed by atoms with Crippen LogP contribution in [0, 0.1) is 29.1 Å². The Hall–Kier alpha value is -0.340. The van der Waals surface area contributed by atoms with E-state index >= 15 is 0 Å². The smallest absolute Gasteiger partial charge is 0.0571 e. The largest absolute Gasteiger partial charge is 0.396 e. The average Bonchev–Trinajstić information content (AvgIpc) is 2.32. The second-order valence-corrected chi connectivity index (χ2v) is 7.01. The number of aliphatic hydroxyl groups is 2. The zero-order chi connectivity index (χ0) is 13.5. The van der Waals surface area contributed by atoms with Crippen LogP contribution >= 0.6 is 0 Å². The minimum absolute atomic E-state index is 0.178. The monoisotopic (exact) mass is 252 g/mol. The van der Waals surface area contributed by atoms with Gasteiger partial charge in [0.2, 0.25) is 0 Å². The van der Waals surface area contributed by atoms with Crippen LogP contribution in [0.3, 0.4) is 0 Å². The summed E-state index contributed by atoms with van der Waals surface area (Å²) in [5.74, 6) is 1.72. The first-order valence-electron chi connectivity index (χ1n) is 7.36. The molecule has 0 radical (unpaired) electrons. The topological polar surface area (TPSA) is 40.5 Å². The Bertz CT molecular complexity index is 325. The molecule has 2 aliphatic rings. The maximum absolute atomic E-state index is 10.1. The summed E-state index contributed by atoms with van der Waals surface area (Å²) in [4.78, 5) is 0. The molecule has 2 saturated carbocycles. The summed E-state index contributed by atoms with van der Waals surface area (Å²) in [6, 6.07) is 0. The van der Waals surface area contributed by atoms with Crippen molar-refractivity contribution < 1.29 is 10.2 Å². The summed E-state index contributed by atoms with van der Waals surface area (Å²) in [5, 5.41) is 19.6. The van der Waals surface area contributed by atoms with Gasteiger partial charge in [0.05, 0.1) is 6.10 Å². The van der Waals surface area contributed by atoms with Crippen molar-refractivity contribution >= 4 is 0 Å². The summed E-state index contributed by atoms with van der Waals surface area (Å²) in [7, 11) is 0. The van der Waals surface area contributed by atoms with E-state index in [1.54, 1.807) is 0 Å². The van der Waals surface area contributed by atoms with E-state index in [9.17, 15) is 10.2 Å². The van der Waals surface area contributed by atoms with Crippen LogP contribution in [-0.2, 0) is 0 Å². The van der Waals surface area contributed by atoms with Crippen molar-refractivity contribution in [2.24, 2.45) is 29.1 Å². The first kappa shape index (κ1) is 14.1. The predicted molar refractivity (Wildman–Crippen MR) is 74.1 cm³/mol. The fraction of sp³-hybridized carbons (Fsp3) is 0.875. The van der Waals surface area contributed by atoms with Crippen molar-refractivity contribution in [1.82, 2.24) is 0 Å². The molecule has 0 saturated heterocycles. The predicted octanol–water partition coefficient (Wildman–Crippen LogP) is 2.99. The number of hydrogen-bond acceptors (Lipinski definition) is 2. The maximum Gasteiger partial charge on any atom is 0.0571 e. The van der Waals surface area contributed by atoms with Gasteiger partial charge in [0.1, 0.15) is 0 Å². The van der Waals surface area contributed by atoms with Crippen molar-refractivity contribution in [2.45, 2.75) is 52.6 Å². The molecule has 104 valence electrons. The standard InChI is InChI=1S/C16H28O2/c1-10-5-6-13(12(3)9-17)16(4)8-11(2)15(18)7-14(10)16/h11-15,17-18H,1,5-9H2,2-4H3. The molecule has 0 aliphatic heterocycles. The third kappa shape index (κ3) is 2.14. The lowest BCUT2D eigenvalue weighted by Gasteiger charge is -2.55. The Morgan fingerprint density at radius 3 is 2.78 bits per heavy atom. The van der Waals surface area contributed by atoms with Gasteiger partial charge < -0.3 is 10.2 Å². The van der Waals surface area contributed by atoms with Crippen molar-refractivity contribution in [1.29, 1.82) is 0 Å². The fourth-order valence-corrected chi connectivity index (χ4v) is 4.66. The van der Waals surface area contributed by atoms with Crippen LogP contribution in [0.1, 0.15) is 46.5 Å². The number of fused-ring (bicyclic) bond motifs is 1. The number of aliphatic hydroxyl groups excluding tert-OH is 2. The molecule has 2 fully saturated rings. The Morgan fingerprint density at radius 1 is 1.50 bits per heavy atom. The molecule has 2 rings (SSSR count). The molecule has 0 amide bonds. The SMILES string of the molecule is C=C1CCC(C(C)CO)C2(C)CC(C)C(O)CC12. The molecule has 18 heavy (non-hydrogen) atoms. The van der Waals surface area contributed by atoms with Gasteiger partial charge in [0.25, 0.3) is 0 Å². The van der Waals surface area contributed by atoms with Crippen molar-refractivity contribution in [3.8, 4) is 0 Å². The average molecular weight is 252 g/mol. The molecule has 0 aromatic carbocycles. The van der Waals surface area contributed by atoms with Crippen LogP contribution in [0.2, 0.25) is 0 Å². The van der Waals surface area contributed by atoms with Crippen molar-refractivity contribution in [3.63, 3.8) is 0 Å². The van der Waals surface area contributed by atoms with Gasteiger partial charge in [-0.15, -0.1) is 0 Å². The minimum Gasteiger partial charge on any atom is -0.396 e. The molecule has 6 unspecified atom stereocenters. The summed E-state index contributed by atoms with van der Waals surface area (Å²) < 4.78 is 0. The van der Waals surface area contributed by atoms with Gasteiger partial charge in [-0.2, -0.15) is 0 Å². The van der Waals surface area contributed by atoms with E-state index in [0.717, 1.165) is 25.7 Å². The summed E-state index contributed by atoms with van der Waals surface area (Å²) in [6.45, 7) is 11.2. The first-order chi connectivity index (χ1) is 8.40. The van der Waals surface area contributed by atoms with Crippen LogP contribution in [0.25, 0.3) is 0 Å². The molecule has 6 atom stereocenters. The number of rotatable bonds is 2. The van der Waals surface area contributed by atoms with Gasteiger partial charge in [-0.3, -0.25) is 0 Å². The normalized spacial score (nSPS) is 46.6. The van der Waals surface area contributed by atoms with E-state index < -0.39 is 0 Å². The van der Waals surface area contributed by atoms with Gasteiger partial charge in [0.15, 0.2) is 0 Å². The van der Waals surface area contributed by atoms with Gasteiger partial charge in [0, 0.05) is 6.61 Å². The molecule has 0 aromatic rings. The quantitative estimate of drug-likeness (QED) is 0.742. The van der Waals surface area contributed by atoms with Crippen LogP contribution < -0.4 is 0 Å². The second kappa shape index (κ2) is 4.97. The van der Waals surface area contributed by atoms with Gasteiger partial charge in [-0.1, -0.05) is 32.9 Å². The maximum atomic E-state index is 10.1. The summed E-state index contributed by atoms with van der Waals surface area (Å²) in [6.07, 6.45) is 3.97. The molecule has 0 aromatic heterocycles. The fourth-order valence-electron chi connectivity index (χ4n) is 4.66. The molecule has 2 heteroatoms. The Morgan fingerprint density at radius 2 is 2.17 bits per heavy atom. The summed E-state index contributed by atoms with van der Waals surface area (Å²) in [5.41, 5.74) is 1.54. The highest BCUT2D eigenvalue weighted by atomic mass is 16.3. The Kier molecular flexibility index (Phi) is 3.89. The molecule has 0 bridgehead atoms. The van der Waals surface area contributed by atoms with Crippen molar-refractivity contribution in [2.75, 3.05) is 6.61 Å². The third-order valence-electron chi connectivity index (χ3n) is 5.78. The minimum atomic E-state index is -0.178. The Labute approximate surface area is 111 Å². The van der Waals surface area contributed by atoms with Crippen LogP contribution in [0.4, 0.5) is 0 Å². The molecular weight excluding hydrogens is 224 g/mol. The molecule has 2 nitrogen and oxygen atoms in total. The third-order valence-corrected chi connectivity index (χ3v) is 5.78. The number of hydrogen-bond donors (Lipinski definition) is 2. The van der Waals surface area contributed by atoms with E-state index in [0.29, 0.717) is 23.7 Å². The molecular formula is C16H28O2. The van der Waals surface area contributed by atoms with Crippen molar-refractivity contribution in [3.05, 3.63) is 12.2 Å². The zero-order valence-electron chi connectivity index (χ0n) is 12.0. The molecule has 0 spiro atoms. The van der Waals surface area contributed by atoms with Gasteiger partial charge in [-0.05, 0) is 54.8 Å². The van der Waals surface area contributed by atoms with Crippen LogP contribution in [0.15, 0.2) is 12.2 Å². The molecule has 0 heterocycles. The lowest BCUT2D eigenvalue weighted by Crippen LogP contribution is -2.50. The van der Waals surface area contributed by atoms with Gasteiger partial charge in [-0.25, -0.2) is 0 Å². The molecule has 2 N–H and O–H groups in total. The highest BCUT2D eigenvalue weighted by molar-refractivity contribution is 5.16. The van der Waals surface area contributed by atoms with E-state index in [-0.39, 0.29) is 18.1 Å². The first-order valence-corrected chi connectivity index (χ1v) is 7.36. The zero-order valence-corrected chi connectivity index (χ0v) is 12.0. The van der Waals surface area contributed by atoms with Crippen LogP contribution in [0.5, 0.6) is 0 Å². The molecule has 2 aliphatic carbocycles. The van der Waals surface area contributed by atoms with Gasteiger partial charge >= 0.3 is 0 Å². The highest BCUT2D eigenvalue weighted by Crippen LogP contribution is 2.58. The lowest BCUT2D eigenvalue weighted by molar-refractivity contribution is -0.0734. The summed E-state index contributed by atoms with van der Waals surface area (Å²) >= 11 is 0. The van der Waals surface area contributed by atoms with E-state index in [4.69, 9.17) is 0 Å².